The standard InChI is InChI=1S/C41H72O5/c1-3-5-7-9-11-13-15-17-19-20-22-23-25-27-29-31-33-35-40(43)45-38-39(37-42)46-41(44)36-34-32-30-28-26-24-21-18-16-14-12-10-8-6-4-2/h11,13-14,16-17,19,22-23,39,42H,3-10,12,15,18,20-21,24-38H2,1-2H3/b13-11-,16-14-,19-17-,23-22-/t39-/m0/s1. The topological polar surface area (TPSA) is 72.8 Å². The molecule has 0 aliphatic carbocycles. The Morgan fingerprint density at radius 2 is 0.870 bits per heavy atom. The molecule has 0 aromatic heterocycles. The zero-order chi connectivity index (χ0) is 33.6. The fraction of sp³-hybridized carbons (Fsp3) is 0.756. The van der Waals surface area contributed by atoms with E-state index in [1.807, 2.05) is 0 Å². The highest BCUT2D eigenvalue weighted by Crippen LogP contribution is 2.12. The molecule has 0 saturated heterocycles. The predicted octanol–water partition coefficient (Wildman–Crippen LogP) is 11.8. The van der Waals surface area contributed by atoms with Gasteiger partial charge in [0, 0.05) is 12.8 Å². The number of hydrogen-bond acceptors (Lipinski definition) is 5. The number of allylic oxidation sites excluding steroid dienone is 8. The average molecular weight is 645 g/mol. The summed E-state index contributed by atoms with van der Waals surface area (Å²) in [5.74, 6) is -0.623. The molecule has 5 nitrogen and oxygen atoms in total. The van der Waals surface area contributed by atoms with Gasteiger partial charge in [-0.1, -0.05) is 140 Å². The summed E-state index contributed by atoms with van der Waals surface area (Å²) >= 11 is 0. The first-order chi connectivity index (χ1) is 22.6. The number of ether oxygens (including phenoxy) is 2. The van der Waals surface area contributed by atoms with E-state index in [1.54, 1.807) is 0 Å². The van der Waals surface area contributed by atoms with Gasteiger partial charge in [-0.25, -0.2) is 0 Å². The number of rotatable bonds is 34. The second-order valence-electron chi connectivity index (χ2n) is 12.6. The Balaban J connectivity index is 3.62. The van der Waals surface area contributed by atoms with E-state index in [-0.39, 0.29) is 25.2 Å². The molecule has 0 amide bonds. The molecule has 0 fully saturated rings. The van der Waals surface area contributed by atoms with Gasteiger partial charge in [0.15, 0.2) is 6.10 Å². The van der Waals surface area contributed by atoms with E-state index in [4.69, 9.17) is 9.47 Å². The number of aliphatic hydroxyl groups excluding tert-OH is 1. The highest BCUT2D eigenvalue weighted by atomic mass is 16.6. The maximum absolute atomic E-state index is 12.1. The minimum atomic E-state index is -0.782. The van der Waals surface area contributed by atoms with Crippen molar-refractivity contribution in [1.29, 1.82) is 0 Å². The average Bonchev–Trinajstić information content (AvgIpc) is 3.06. The van der Waals surface area contributed by atoms with Crippen LogP contribution < -0.4 is 0 Å². The lowest BCUT2D eigenvalue weighted by Crippen LogP contribution is -2.28. The van der Waals surface area contributed by atoms with Gasteiger partial charge in [-0.2, -0.15) is 0 Å². The quantitative estimate of drug-likeness (QED) is 0.0429. The van der Waals surface area contributed by atoms with Crippen LogP contribution in [0.15, 0.2) is 48.6 Å². The zero-order valence-corrected chi connectivity index (χ0v) is 30.1. The van der Waals surface area contributed by atoms with Crippen molar-refractivity contribution < 1.29 is 24.2 Å². The second kappa shape index (κ2) is 37.3. The van der Waals surface area contributed by atoms with E-state index in [2.05, 4.69) is 62.5 Å². The lowest BCUT2D eigenvalue weighted by molar-refractivity contribution is -0.161. The van der Waals surface area contributed by atoms with Gasteiger partial charge in [0.25, 0.3) is 0 Å². The molecule has 0 unspecified atom stereocenters. The predicted molar refractivity (Wildman–Crippen MR) is 196 cm³/mol. The number of hydrogen-bond donors (Lipinski definition) is 1. The third-order valence-electron chi connectivity index (χ3n) is 8.10. The number of carbonyl (C=O) groups is 2. The monoisotopic (exact) mass is 645 g/mol. The molecule has 0 aromatic carbocycles. The number of unbranched alkanes of at least 4 members (excludes halogenated alkanes) is 18. The molecule has 46 heavy (non-hydrogen) atoms. The third kappa shape index (κ3) is 34.7. The Kier molecular flexibility index (Phi) is 35.6. The molecule has 0 radical (unpaired) electrons. The SMILES string of the molecule is CCCCC/C=C\C/C=C\C/C=C\CCCCCCC(=O)OC[C@H](CO)OC(=O)CCCCCCCCC/C=C\CCCCCC. The van der Waals surface area contributed by atoms with Crippen molar-refractivity contribution in [1.82, 2.24) is 0 Å². The van der Waals surface area contributed by atoms with Gasteiger partial charge in [-0.15, -0.1) is 0 Å². The number of aliphatic hydroxyl groups is 1. The van der Waals surface area contributed by atoms with Crippen LogP contribution in [-0.4, -0.2) is 36.4 Å². The van der Waals surface area contributed by atoms with Gasteiger partial charge in [0.1, 0.15) is 6.61 Å². The largest absolute Gasteiger partial charge is 0.462 e. The molecule has 0 heterocycles. The maximum Gasteiger partial charge on any atom is 0.306 e. The third-order valence-corrected chi connectivity index (χ3v) is 8.10. The highest BCUT2D eigenvalue weighted by Gasteiger charge is 2.16. The van der Waals surface area contributed by atoms with Crippen molar-refractivity contribution >= 4 is 11.9 Å². The molecular formula is C41H72O5. The summed E-state index contributed by atoms with van der Waals surface area (Å²) in [7, 11) is 0. The number of esters is 2. The van der Waals surface area contributed by atoms with Gasteiger partial charge >= 0.3 is 11.9 Å². The minimum absolute atomic E-state index is 0.0798. The van der Waals surface area contributed by atoms with E-state index in [9.17, 15) is 14.7 Å². The summed E-state index contributed by atoms with van der Waals surface area (Å²) in [6.45, 7) is 4.06. The van der Waals surface area contributed by atoms with Crippen LogP contribution in [0.25, 0.3) is 0 Å². The van der Waals surface area contributed by atoms with Crippen molar-refractivity contribution in [2.24, 2.45) is 0 Å². The zero-order valence-electron chi connectivity index (χ0n) is 30.1. The van der Waals surface area contributed by atoms with Crippen LogP contribution in [0.4, 0.5) is 0 Å². The highest BCUT2D eigenvalue weighted by molar-refractivity contribution is 5.70. The van der Waals surface area contributed by atoms with E-state index in [1.165, 1.54) is 89.9 Å². The molecule has 0 aliphatic heterocycles. The van der Waals surface area contributed by atoms with E-state index in [0.29, 0.717) is 12.8 Å². The second-order valence-corrected chi connectivity index (χ2v) is 12.6. The molecule has 0 saturated carbocycles. The van der Waals surface area contributed by atoms with Crippen LogP contribution in [0, 0.1) is 0 Å². The van der Waals surface area contributed by atoms with Gasteiger partial charge < -0.3 is 14.6 Å². The van der Waals surface area contributed by atoms with Gasteiger partial charge in [0.05, 0.1) is 6.61 Å². The molecule has 0 rings (SSSR count). The fourth-order valence-corrected chi connectivity index (χ4v) is 5.14. The Hall–Kier alpha value is -2.14. The normalized spacial score (nSPS) is 12.7. The van der Waals surface area contributed by atoms with Crippen molar-refractivity contribution in [3.05, 3.63) is 48.6 Å². The molecule has 1 N–H and O–H groups in total. The Bertz CT molecular complexity index is 782. The molecule has 0 spiro atoms. The van der Waals surface area contributed by atoms with Gasteiger partial charge in [0.2, 0.25) is 0 Å². The molecule has 0 bridgehead atoms. The van der Waals surface area contributed by atoms with Crippen molar-refractivity contribution in [2.45, 2.75) is 187 Å². The van der Waals surface area contributed by atoms with E-state index >= 15 is 0 Å². The van der Waals surface area contributed by atoms with Gasteiger partial charge in [-0.3, -0.25) is 9.59 Å². The fourth-order valence-electron chi connectivity index (χ4n) is 5.14. The number of carbonyl (C=O) groups excluding carboxylic acids is 2. The van der Waals surface area contributed by atoms with E-state index in [0.717, 1.165) is 64.2 Å². The van der Waals surface area contributed by atoms with E-state index < -0.39 is 6.10 Å². The molecule has 5 heteroatoms. The first-order valence-corrected chi connectivity index (χ1v) is 19.2. The maximum atomic E-state index is 12.1. The van der Waals surface area contributed by atoms with Crippen molar-refractivity contribution in [3.8, 4) is 0 Å². The van der Waals surface area contributed by atoms with Crippen molar-refractivity contribution in [3.63, 3.8) is 0 Å². The summed E-state index contributed by atoms with van der Waals surface area (Å²) in [5, 5.41) is 9.54. The smallest absolute Gasteiger partial charge is 0.306 e. The Morgan fingerprint density at radius 3 is 1.37 bits per heavy atom. The summed E-state index contributed by atoms with van der Waals surface area (Å²) in [5.41, 5.74) is 0. The van der Waals surface area contributed by atoms with Gasteiger partial charge in [-0.05, 0) is 77.0 Å². The summed E-state index contributed by atoms with van der Waals surface area (Å²) < 4.78 is 10.6. The Labute approximate surface area is 284 Å². The molecular weight excluding hydrogens is 572 g/mol. The van der Waals surface area contributed by atoms with Crippen LogP contribution in [-0.2, 0) is 19.1 Å². The van der Waals surface area contributed by atoms with Crippen LogP contribution in [0.1, 0.15) is 181 Å². The van der Waals surface area contributed by atoms with Crippen LogP contribution in [0.2, 0.25) is 0 Å². The molecule has 0 aromatic rings. The first-order valence-electron chi connectivity index (χ1n) is 19.2. The lowest BCUT2D eigenvalue weighted by atomic mass is 10.1. The summed E-state index contributed by atoms with van der Waals surface area (Å²) in [6.07, 6.45) is 45.9. The van der Waals surface area contributed by atoms with Crippen LogP contribution >= 0.6 is 0 Å². The summed E-state index contributed by atoms with van der Waals surface area (Å²) in [6, 6.07) is 0. The Morgan fingerprint density at radius 1 is 0.500 bits per heavy atom. The van der Waals surface area contributed by atoms with Crippen molar-refractivity contribution in [2.75, 3.05) is 13.2 Å². The lowest BCUT2D eigenvalue weighted by Gasteiger charge is -2.15. The first kappa shape index (κ1) is 43.9. The minimum Gasteiger partial charge on any atom is -0.462 e. The van der Waals surface area contributed by atoms with Crippen LogP contribution in [0.3, 0.4) is 0 Å². The summed E-state index contributed by atoms with van der Waals surface area (Å²) in [4.78, 5) is 24.2. The molecule has 1 atom stereocenters. The van der Waals surface area contributed by atoms with Crippen LogP contribution in [0.5, 0.6) is 0 Å². The molecule has 0 aliphatic rings. The molecule has 266 valence electrons.